The molecule has 3 rings (SSSR count). The molecule has 3 aromatic rings. The van der Waals surface area contributed by atoms with Crippen LogP contribution in [0.1, 0.15) is 11.4 Å². The molecule has 0 amide bonds. The standard InChI is InChI=1S/C16H18N4S/c1-17-8-12-7-16(14-5-3-4-6-15(14)19-12)20(2)9-13-10-21-11-18-13/h3-7,10-11,17H,8-9H2,1-2H3. The van der Waals surface area contributed by atoms with Gasteiger partial charge in [0.25, 0.3) is 0 Å². The lowest BCUT2D eigenvalue weighted by atomic mass is 10.1. The summed E-state index contributed by atoms with van der Waals surface area (Å²) in [5.41, 5.74) is 6.25. The zero-order chi connectivity index (χ0) is 14.7. The van der Waals surface area contributed by atoms with Gasteiger partial charge in [-0.1, -0.05) is 18.2 Å². The van der Waals surface area contributed by atoms with Gasteiger partial charge in [-0.25, -0.2) is 4.98 Å². The molecule has 2 aromatic heterocycles. The maximum Gasteiger partial charge on any atom is 0.0795 e. The molecule has 0 saturated heterocycles. The van der Waals surface area contributed by atoms with E-state index in [1.807, 2.05) is 18.6 Å². The molecule has 0 aliphatic carbocycles. The van der Waals surface area contributed by atoms with Crippen LogP contribution in [-0.2, 0) is 13.1 Å². The Bertz CT molecular complexity index is 724. The second-order valence-corrected chi connectivity index (χ2v) is 5.73. The summed E-state index contributed by atoms with van der Waals surface area (Å²) in [5, 5.41) is 6.44. The molecule has 0 bridgehead atoms. The van der Waals surface area contributed by atoms with Crippen molar-refractivity contribution in [1.82, 2.24) is 15.3 Å². The molecule has 1 aromatic carbocycles. The normalized spacial score (nSPS) is 11.0. The van der Waals surface area contributed by atoms with E-state index >= 15 is 0 Å². The number of pyridine rings is 1. The summed E-state index contributed by atoms with van der Waals surface area (Å²) in [6.45, 7) is 1.57. The van der Waals surface area contributed by atoms with Crippen LogP contribution in [0.5, 0.6) is 0 Å². The van der Waals surface area contributed by atoms with Crippen LogP contribution in [0.3, 0.4) is 0 Å². The van der Waals surface area contributed by atoms with Crippen LogP contribution in [0.25, 0.3) is 10.9 Å². The van der Waals surface area contributed by atoms with Gasteiger partial charge in [-0.2, -0.15) is 0 Å². The largest absolute Gasteiger partial charge is 0.368 e. The lowest BCUT2D eigenvalue weighted by molar-refractivity contribution is 0.793. The monoisotopic (exact) mass is 298 g/mol. The maximum absolute atomic E-state index is 4.70. The van der Waals surface area contributed by atoms with Gasteiger partial charge in [0.15, 0.2) is 0 Å². The van der Waals surface area contributed by atoms with Crippen molar-refractivity contribution in [1.29, 1.82) is 0 Å². The second kappa shape index (κ2) is 6.20. The topological polar surface area (TPSA) is 41.0 Å². The summed E-state index contributed by atoms with van der Waals surface area (Å²) in [5.74, 6) is 0. The second-order valence-electron chi connectivity index (χ2n) is 5.02. The summed E-state index contributed by atoms with van der Waals surface area (Å²) in [7, 11) is 4.04. The molecule has 21 heavy (non-hydrogen) atoms. The minimum absolute atomic E-state index is 0.766. The Morgan fingerprint density at radius 3 is 2.86 bits per heavy atom. The first-order valence-electron chi connectivity index (χ1n) is 6.89. The van der Waals surface area contributed by atoms with Gasteiger partial charge >= 0.3 is 0 Å². The minimum Gasteiger partial charge on any atom is -0.368 e. The molecule has 0 aliphatic heterocycles. The van der Waals surface area contributed by atoms with E-state index in [4.69, 9.17) is 4.98 Å². The van der Waals surface area contributed by atoms with Crippen LogP contribution < -0.4 is 10.2 Å². The number of nitrogens with zero attached hydrogens (tertiary/aromatic N) is 3. The number of nitrogens with one attached hydrogen (secondary N) is 1. The molecule has 0 aliphatic rings. The summed E-state index contributed by atoms with van der Waals surface area (Å²) in [6, 6.07) is 10.4. The quantitative estimate of drug-likeness (QED) is 0.786. The highest BCUT2D eigenvalue weighted by Gasteiger charge is 2.10. The predicted molar refractivity (Wildman–Crippen MR) is 88.7 cm³/mol. The first-order chi connectivity index (χ1) is 10.3. The van der Waals surface area contributed by atoms with E-state index < -0.39 is 0 Å². The molecule has 4 nitrogen and oxygen atoms in total. The van der Waals surface area contributed by atoms with E-state index in [1.54, 1.807) is 11.3 Å². The Hall–Kier alpha value is -1.98. The maximum atomic E-state index is 4.70. The number of para-hydroxylation sites is 1. The number of thiazole rings is 1. The van der Waals surface area contributed by atoms with Crippen molar-refractivity contribution in [2.24, 2.45) is 0 Å². The van der Waals surface area contributed by atoms with Gasteiger partial charge in [0, 0.05) is 30.0 Å². The van der Waals surface area contributed by atoms with Crippen LogP contribution in [0, 0.1) is 0 Å². The first-order valence-corrected chi connectivity index (χ1v) is 7.83. The molecular formula is C16H18N4S. The molecule has 0 unspecified atom stereocenters. The van der Waals surface area contributed by atoms with Crippen molar-refractivity contribution in [3.05, 3.63) is 52.6 Å². The van der Waals surface area contributed by atoms with Crippen molar-refractivity contribution in [2.75, 3.05) is 19.0 Å². The molecule has 0 atom stereocenters. The van der Waals surface area contributed by atoms with Crippen molar-refractivity contribution in [3.63, 3.8) is 0 Å². The van der Waals surface area contributed by atoms with E-state index in [0.29, 0.717) is 0 Å². The zero-order valence-corrected chi connectivity index (χ0v) is 13.0. The molecule has 0 spiro atoms. The number of hydrogen-bond donors (Lipinski definition) is 1. The first kappa shape index (κ1) is 14.0. The fourth-order valence-corrected chi connectivity index (χ4v) is 2.99. The van der Waals surface area contributed by atoms with Crippen molar-refractivity contribution >= 4 is 27.9 Å². The van der Waals surface area contributed by atoms with Gasteiger partial charge < -0.3 is 10.2 Å². The average Bonchev–Trinajstić information content (AvgIpc) is 2.99. The van der Waals surface area contributed by atoms with E-state index in [1.165, 1.54) is 11.1 Å². The Balaban J connectivity index is 2.02. The smallest absolute Gasteiger partial charge is 0.0795 e. The van der Waals surface area contributed by atoms with Crippen LogP contribution in [0.15, 0.2) is 41.2 Å². The van der Waals surface area contributed by atoms with Crippen molar-refractivity contribution < 1.29 is 0 Å². The number of benzene rings is 1. The highest BCUT2D eigenvalue weighted by Crippen LogP contribution is 2.27. The predicted octanol–water partition coefficient (Wildman–Crippen LogP) is 3.05. The van der Waals surface area contributed by atoms with Gasteiger partial charge in [0.2, 0.25) is 0 Å². The number of aromatic nitrogens is 2. The average molecular weight is 298 g/mol. The van der Waals surface area contributed by atoms with E-state index in [2.05, 4.69) is 51.9 Å². The van der Waals surface area contributed by atoms with Crippen LogP contribution in [0.4, 0.5) is 5.69 Å². The number of fused-ring (bicyclic) bond motifs is 1. The van der Waals surface area contributed by atoms with Gasteiger partial charge in [-0.3, -0.25) is 4.98 Å². The van der Waals surface area contributed by atoms with E-state index in [-0.39, 0.29) is 0 Å². The van der Waals surface area contributed by atoms with Crippen molar-refractivity contribution in [3.8, 4) is 0 Å². The molecule has 108 valence electrons. The van der Waals surface area contributed by atoms with Gasteiger partial charge in [0.1, 0.15) is 0 Å². The van der Waals surface area contributed by atoms with E-state index in [0.717, 1.165) is 30.0 Å². The minimum atomic E-state index is 0.766. The molecule has 0 fully saturated rings. The Morgan fingerprint density at radius 1 is 1.24 bits per heavy atom. The number of hydrogen-bond acceptors (Lipinski definition) is 5. The third-order valence-electron chi connectivity index (χ3n) is 3.40. The van der Waals surface area contributed by atoms with Crippen molar-refractivity contribution in [2.45, 2.75) is 13.1 Å². The molecule has 1 N–H and O–H groups in total. The van der Waals surface area contributed by atoms with Crippen LogP contribution in [0.2, 0.25) is 0 Å². The zero-order valence-electron chi connectivity index (χ0n) is 12.2. The fraction of sp³-hybridized carbons (Fsp3) is 0.250. The summed E-state index contributed by atoms with van der Waals surface area (Å²) >= 11 is 1.63. The Morgan fingerprint density at radius 2 is 2.10 bits per heavy atom. The van der Waals surface area contributed by atoms with Gasteiger partial charge in [-0.15, -0.1) is 11.3 Å². The Labute approximate surface area is 128 Å². The molecular weight excluding hydrogens is 280 g/mol. The molecule has 0 radical (unpaired) electrons. The highest BCUT2D eigenvalue weighted by atomic mass is 32.1. The molecule has 5 heteroatoms. The third kappa shape index (κ3) is 3.04. The SMILES string of the molecule is CNCc1cc(N(C)Cc2cscn2)c2ccccc2n1. The third-order valence-corrected chi connectivity index (χ3v) is 4.03. The molecule has 2 heterocycles. The van der Waals surface area contributed by atoms with Crippen LogP contribution in [-0.4, -0.2) is 24.1 Å². The van der Waals surface area contributed by atoms with Gasteiger partial charge in [0.05, 0.1) is 29.0 Å². The summed E-state index contributed by atoms with van der Waals surface area (Å²) in [4.78, 5) is 11.3. The number of rotatable bonds is 5. The van der Waals surface area contributed by atoms with Crippen LogP contribution >= 0.6 is 11.3 Å². The summed E-state index contributed by atoms with van der Waals surface area (Å²) < 4.78 is 0. The lowest BCUT2D eigenvalue weighted by Crippen LogP contribution is -2.18. The highest BCUT2D eigenvalue weighted by molar-refractivity contribution is 7.07. The molecule has 0 saturated carbocycles. The Kier molecular flexibility index (Phi) is 4.13. The van der Waals surface area contributed by atoms with Gasteiger partial charge in [-0.05, 0) is 19.2 Å². The number of anilines is 1. The van der Waals surface area contributed by atoms with E-state index in [9.17, 15) is 0 Å². The summed E-state index contributed by atoms with van der Waals surface area (Å²) in [6.07, 6.45) is 0. The lowest BCUT2D eigenvalue weighted by Gasteiger charge is -2.21. The fourth-order valence-electron chi connectivity index (χ4n) is 2.44.